The van der Waals surface area contributed by atoms with Crippen LogP contribution in [-0.2, 0) is 6.54 Å². The Morgan fingerprint density at radius 2 is 2.16 bits per heavy atom. The van der Waals surface area contributed by atoms with Crippen molar-refractivity contribution in [2.75, 3.05) is 0 Å². The first-order valence-electron chi connectivity index (χ1n) is 6.74. The highest BCUT2D eigenvalue weighted by Crippen LogP contribution is 2.06. The van der Waals surface area contributed by atoms with Crippen molar-refractivity contribution < 1.29 is 4.79 Å². The lowest BCUT2D eigenvalue weighted by atomic mass is 10.1. The Labute approximate surface area is 115 Å². The van der Waals surface area contributed by atoms with Gasteiger partial charge in [-0.25, -0.2) is 0 Å². The molecule has 0 aliphatic carbocycles. The number of primary amides is 1. The zero-order valence-electron chi connectivity index (χ0n) is 12.1. The smallest absolute Gasteiger partial charge is 0.248 e. The van der Waals surface area contributed by atoms with Crippen molar-refractivity contribution >= 4 is 5.91 Å². The van der Waals surface area contributed by atoms with Gasteiger partial charge in [-0.1, -0.05) is 23.8 Å². The Morgan fingerprint density at radius 3 is 2.79 bits per heavy atom. The van der Waals surface area contributed by atoms with E-state index < -0.39 is 0 Å². The lowest BCUT2D eigenvalue weighted by Gasteiger charge is -2.13. The van der Waals surface area contributed by atoms with Crippen LogP contribution in [0, 0.1) is 0 Å². The molecule has 3 nitrogen and oxygen atoms in total. The fraction of sp³-hybridized carbons (Fsp3) is 0.438. The van der Waals surface area contributed by atoms with Crippen molar-refractivity contribution in [2.24, 2.45) is 5.73 Å². The van der Waals surface area contributed by atoms with Crippen LogP contribution in [0.2, 0.25) is 0 Å². The van der Waals surface area contributed by atoms with E-state index in [4.69, 9.17) is 5.73 Å². The van der Waals surface area contributed by atoms with Crippen LogP contribution in [0.25, 0.3) is 0 Å². The quantitative estimate of drug-likeness (QED) is 0.740. The van der Waals surface area contributed by atoms with Gasteiger partial charge >= 0.3 is 0 Å². The van der Waals surface area contributed by atoms with Crippen molar-refractivity contribution in [3.8, 4) is 0 Å². The average Bonchev–Trinajstić information content (AvgIpc) is 2.36. The van der Waals surface area contributed by atoms with Gasteiger partial charge in [0.1, 0.15) is 0 Å². The number of nitrogens with one attached hydrogen (secondary N) is 1. The van der Waals surface area contributed by atoms with Gasteiger partial charge in [0.15, 0.2) is 0 Å². The van der Waals surface area contributed by atoms with E-state index in [2.05, 4.69) is 32.2 Å². The number of carbonyl (C=O) groups is 1. The highest BCUT2D eigenvalue weighted by molar-refractivity contribution is 5.92. The van der Waals surface area contributed by atoms with Crippen molar-refractivity contribution in [1.29, 1.82) is 0 Å². The van der Waals surface area contributed by atoms with Crippen molar-refractivity contribution in [3.63, 3.8) is 0 Å². The third-order valence-electron chi connectivity index (χ3n) is 3.02. The van der Waals surface area contributed by atoms with Gasteiger partial charge in [-0.2, -0.15) is 0 Å². The molecule has 0 saturated heterocycles. The largest absolute Gasteiger partial charge is 0.366 e. The SMILES string of the molecule is CC(C)=CCC[C@H](C)NCc1cccc(C(N)=O)c1. The molecule has 0 heterocycles. The molecule has 0 aliphatic rings. The molecule has 0 fully saturated rings. The van der Waals surface area contributed by atoms with E-state index >= 15 is 0 Å². The second-order valence-corrected chi connectivity index (χ2v) is 5.21. The molecular formula is C16H24N2O. The van der Waals surface area contributed by atoms with Crippen LogP contribution in [-0.4, -0.2) is 11.9 Å². The monoisotopic (exact) mass is 260 g/mol. The zero-order valence-corrected chi connectivity index (χ0v) is 12.1. The molecule has 1 rings (SSSR count). The topological polar surface area (TPSA) is 55.1 Å². The first-order chi connectivity index (χ1) is 8.99. The highest BCUT2D eigenvalue weighted by atomic mass is 16.1. The molecule has 0 bridgehead atoms. The van der Waals surface area contributed by atoms with E-state index in [1.54, 1.807) is 6.07 Å². The fourth-order valence-electron chi connectivity index (χ4n) is 1.85. The van der Waals surface area contributed by atoms with E-state index in [9.17, 15) is 4.79 Å². The number of hydrogen-bond donors (Lipinski definition) is 2. The first kappa shape index (κ1) is 15.4. The standard InChI is InChI=1S/C16H24N2O/c1-12(2)6-4-7-13(3)18-11-14-8-5-9-15(10-14)16(17)19/h5-6,8-10,13,18H,4,7,11H2,1-3H3,(H2,17,19)/t13-/m0/s1. The molecule has 104 valence electrons. The summed E-state index contributed by atoms with van der Waals surface area (Å²) in [7, 11) is 0. The summed E-state index contributed by atoms with van der Waals surface area (Å²) in [5.74, 6) is -0.376. The summed E-state index contributed by atoms with van der Waals surface area (Å²) in [5.41, 5.74) is 8.28. The number of hydrogen-bond acceptors (Lipinski definition) is 2. The van der Waals surface area contributed by atoms with E-state index in [0.717, 1.165) is 24.9 Å². The predicted molar refractivity (Wildman–Crippen MR) is 79.9 cm³/mol. The van der Waals surface area contributed by atoms with Crippen LogP contribution in [0.3, 0.4) is 0 Å². The molecule has 0 aromatic heterocycles. The van der Waals surface area contributed by atoms with Crippen LogP contribution < -0.4 is 11.1 Å². The second-order valence-electron chi connectivity index (χ2n) is 5.21. The van der Waals surface area contributed by atoms with Crippen LogP contribution in [0.1, 0.15) is 49.5 Å². The lowest BCUT2D eigenvalue weighted by Crippen LogP contribution is -2.25. The maximum absolute atomic E-state index is 11.1. The maximum atomic E-state index is 11.1. The van der Waals surface area contributed by atoms with E-state index in [0.29, 0.717) is 11.6 Å². The summed E-state index contributed by atoms with van der Waals surface area (Å²) in [4.78, 5) is 11.1. The zero-order chi connectivity index (χ0) is 14.3. The second kappa shape index (κ2) is 7.74. The molecule has 3 N–H and O–H groups in total. The Kier molecular flexibility index (Phi) is 6.30. The molecule has 0 aliphatic heterocycles. The number of amides is 1. The van der Waals surface area contributed by atoms with Gasteiger partial charge in [-0.15, -0.1) is 0 Å². The van der Waals surface area contributed by atoms with Gasteiger partial charge in [-0.05, 0) is 51.3 Å². The summed E-state index contributed by atoms with van der Waals surface area (Å²) in [6.45, 7) is 7.18. The molecule has 1 aromatic rings. The van der Waals surface area contributed by atoms with Crippen LogP contribution >= 0.6 is 0 Å². The Bertz CT molecular complexity index is 448. The number of carbonyl (C=O) groups excluding carboxylic acids is 1. The molecule has 1 amide bonds. The van der Waals surface area contributed by atoms with Gasteiger partial charge in [0, 0.05) is 18.2 Å². The third-order valence-corrected chi connectivity index (χ3v) is 3.02. The Morgan fingerprint density at radius 1 is 1.42 bits per heavy atom. The van der Waals surface area contributed by atoms with Gasteiger partial charge in [0.25, 0.3) is 0 Å². The number of nitrogens with two attached hydrogens (primary N) is 1. The van der Waals surface area contributed by atoms with Crippen molar-refractivity contribution in [3.05, 3.63) is 47.0 Å². The van der Waals surface area contributed by atoms with Gasteiger partial charge in [0.05, 0.1) is 0 Å². The molecule has 0 unspecified atom stereocenters. The van der Waals surface area contributed by atoms with Gasteiger partial charge < -0.3 is 11.1 Å². The summed E-state index contributed by atoms with van der Waals surface area (Å²) in [6, 6.07) is 7.91. The van der Waals surface area contributed by atoms with Gasteiger partial charge in [-0.3, -0.25) is 4.79 Å². The molecular weight excluding hydrogens is 236 g/mol. The Hall–Kier alpha value is -1.61. The normalized spacial score (nSPS) is 11.9. The third kappa shape index (κ3) is 6.20. The summed E-state index contributed by atoms with van der Waals surface area (Å²) in [6.07, 6.45) is 4.46. The molecule has 0 spiro atoms. The van der Waals surface area contributed by atoms with Crippen LogP contribution in [0.5, 0.6) is 0 Å². The van der Waals surface area contributed by atoms with E-state index in [-0.39, 0.29) is 5.91 Å². The van der Waals surface area contributed by atoms with E-state index in [1.807, 2.05) is 18.2 Å². The van der Waals surface area contributed by atoms with E-state index in [1.165, 1.54) is 5.57 Å². The highest BCUT2D eigenvalue weighted by Gasteiger charge is 2.03. The molecule has 0 radical (unpaired) electrons. The van der Waals surface area contributed by atoms with Crippen LogP contribution in [0.4, 0.5) is 0 Å². The van der Waals surface area contributed by atoms with Crippen molar-refractivity contribution in [2.45, 2.75) is 46.2 Å². The molecule has 1 aromatic carbocycles. The number of rotatable bonds is 7. The Balaban J connectivity index is 2.41. The fourth-order valence-corrected chi connectivity index (χ4v) is 1.85. The number of allylic oxidation sites excluding steroid dienone is 2. The molecule has 19 heavy (non-hydrogen) atoms. The molecule has 1 atom stereocenters. The molecule has 0 saturated carbocycles. The summed E-state index contributed by atoms with van der Waals surface area (Å²) in [5, 5.41) is 3.46. The minimum atomic E-state index is -0.376. The average molecular weight is 260 g/mol. The lowest BCUT2D eigenvalue weighted by molar-refractivity contribution is 0.1000. The van der Waals surface area contributed by atoms with Crippen LogP contribution in [0.15, 0.2) is 35.9 Å². The molecule has 3 heteroatoms. The minimum Gasteiger partial charge on any atom is -0.366 e. The van der Waals surface area contributed by atoms with Gasteiger partial charge in [0.2, 0.25) is 5.91 Å². The van der Waals surface area contributed by atoms with Crippen molar-refractivity contribution in [1.82, 2.24) is 5.32 Å². The summed E-state index contributed by atoms with van der Waals surface area (Å²) < 4.78 is 0. The maximum Gasteiger partial charge on any atom is 0.248 e. The number of benzene rings is 1. The predicted octanol–water partition coefficient (Wildman–Crippen LogP) is 3.01. The summed E-state index contributed by atoms with van der Waals surface area (Å²) >= 11 is 0. The minimum absolute atomic E-state index is 0.376. The first-order valence-corrected chi connectivity index (χ1v) is 6.74.